The molecule has 1 aromatic rings. The first-order valence-corrected chi connectivity index (χ1v) is 4.56. The van der Waals surface area contributed by atoms with Gasteiger partial charge in [0.05, 0.1) is 6.07 Å². The normalized spacial score (nSPS) is 11.5. The Morgan fingerprint density at radius 1 is 1.73 bits per heavy atom. The lowest BCUT2D eigenvalue weighted by molar-refractivity contribution is 0.0944. The average molecular weight is 205 g/mol. The molecule has 1 amide bonds. The van der Waals surface area contributed by atoms with Gasteiger partial charge in [-0.2, -0.15) is 5.26 Å². The fourth-order valence-electron chi connectivity index (χ4n) is 1.05. The highest BCUT2D eigenvalue weighted by atomic mass is 16.2. The molecular weight excluding hydrogens is 194 g/mol. The van der Waals surface area contributed by atoms with E-state index < -0.39 is 11.9 Å². The van der Waals surface area contributed by atoms with Gasteiger partial charge in [-0.25, -0.2) is 0 Å². The zero-order chi connectivity index (χ0) is 11.3. The molecule has 0 radical (unpaired) electrons. The van der Waals surface area contributed by atoms with E-state index in [4.69, 9.17) is 5.26 Å². The number of aromatic nitrogens is 1. The molecule has 0 aliphatic rings. The Kier molecular flexibility index (Phi) is 3.63. The van der Waals surface area contributed by atoms with Crippen molar-refractivity contribution in [3.05, 3.63) is 34.2 Å². The summed E-state index contributed by atoms with van der Waals surface area (Å²) < 4.78 is 0. The highest BCUT2D eigenvalue weighted by molar-refractivity contribution is 5.94. The molecule has 0 saturated heterocycles. The van der Waals surface area contributed by atoms with Crippen LogP contribution >= 0.6 is 0 Å². The molecule has 1 unspecified atom stereocenters. The molecule has 5 heteroatoms. The second-order valence-corrected chi connectivity index (χ2v) is 3.00. The van der Waals surface area contributed by atoms with Crippen LogP contribution in [0.4, 0.5) is 0 Å². The van der Waals surface area contributed by atoms with Crippen molar-refractivity contribution in [2.45, 2.75) is 19.4 Å². The Morgan fingerprint density at radius 2 is 2.47 bits per heavy atom. The maximum Gasteiger partial charge on any atom is 0.252 e. The molecule has 5 nitrogen and oxygen atoms in total. The number of rotatable bonds is 3. The van der Waals surface area contributed by atoms with Gasteiger partial charge >= 0.3 is 0 Å². The number of nitrogens with zero attached hydrogens (tertiary/aromatic N) is 1. The molecule has 2 N–H and O–H groups in total. The van der Waals surface area contributed by atoms with Crippen LogP contribution in [0.5, 0.6) is 0 Å². The molecule has 0 aliphatic heterocycles. The summed E-state index contributed by atoms with van der Waals surface area (Å²) in [7, 11) is 0. The van der Waals surface area contributed by atoms with Crippen molar-refractivity contribution in [3.63, 3.8) is 0 Å². The van der Waals surface area contributed by atoms with E-state index in [1.165, 1.54) is 18.3 Å². The summed E-state index contributed by atoms with van der Waals surface area (Å²) >= 11 is 0. The quantitative estimate of drug-likeness (QED) is 0.749. The van der Waals surface area contributed by atoms with E-state index in [2.05, 4.69) is 10.3 Å². The van der Waals surface area contributed by atoms with Crippen molar-refractivity contribution < 1.29 is 4.79 Å². The summed E-state index contributed by atoms with van der Waals surface area (Å²) in [5.41, 5.74) is -0.0832. The molecular formula is C10H11N3O2. The standard InChI is InChI=1S/C10H11N3O2/c1-2-8(6-11)13-10(15)7-3-4-12-9(14)5-7/h3-5,8H,2H2,1H3,(H,12,14)(H,13,15). The van der Waals surface area contributed by atoms with E-state index in [-0.39, 0.29) is 11.1 Å². The minimum atomic E-state index is -0.517. The average Bonchev–Trinajstić information content (AvgIpc) is 2.25. The van der Waals surface area contributed by atoms with Crippen LogP contribution < -0.4 is 10.9 Å². The molecule has 1 aromatic heterocycles. The van der Waals surface area contributed by atoms with Crippen molar-refractivity contribution in [2.75, 3.05) is 0 Å². The number of pyridine rings is 1. The highest BCUT2D eigenvalue weighted by Gasteiger charge is 2.10. The Labute approximate surface area is 86.7 Å². The molecule has 0 bridgehead atoms. The first kappa shape index (κ1) is 11.0. The maximum atomic E-state index is 11.5. The Balaban J connectivity index is 2.78. The number of nitrogens with one attached hydrogen (secondary N) is 2. The summed E-state index contributed by atoms with van der Waals surface area (Å²) in [6, 6.07) is 4.11. The monoisotopic (exact) mass is 205 g/mol. The summed E-state index contributed by atoms with van der Waals surface area (Å²) in [4.78, 5) is 24.8. The summed E-state index contributed by atoms with van der Waals surface area (Å²) in [6.07, 6.45) is 1.93. The Morgan fingerprint density at radius 3 is 3.00 bits per heavy atom. The molecule has 0 aliphatic carbocycles. The van der Waals surface area contributed by atoms with Crippen LogP contribution in [0, 0.1) is 11.3 Å². The highest BCUT2D eigenvalue weighted by Crippen LogP contribution is 1.96. The van der Waals surface area contributed by atoms with Crippen molar-refractivity contribution in [1.82, 2.24) is 10.3 Å². The smallest absolute Gasteiger partial charge is 0.252 e. The molecule has 0 spiro atoms. The van der Waals surface area contributed by atoms with Gasteiger partial charge in [0.25, 0.3) is 5.91 Å². The number of nitriles is 1. The van der Waals surface area contributed by atoms with E-state index in [1.807, 2.05) is 6.07 Å². The van der Waals surface area contributed by atoms with E-state index in [0.29, 0.717) is 6.42 Å². The van der Waals surface area contributed by atoms with Gasteiger partial charge in [-0.15, -0.1) is 0 Å². The van der Waals surface area contributed by atoms with Crippen molar-refractivity contribution in [2.24, 2.45) is 0 Å². The molecule has 1 atom stereocenters. The van der Waals surface area contributed by atoms with Gasteiger partial charge in [0.15, 0.2) is 0 Å². The van der Waals surface area contributed by atoms with Crippen LogP contribution in [0.1, 0.15) is 23.7 Å². The number of carbonyl (C=O) groups excluding carboxylic acids is 1. The van der Waals surface area contributed by atoms with E-state index in [1.54, 1.807) is 6.92 Å². The lowest BCUT2D eigenvalue weighted by Crippen LogP contribution is -2.33. The van der Waals surface area contributed by atoms with Crippen LogP contribution in [0.2, 0.25) is 0 Å². The largest absolute Gasteiger partial charge is 0.336 e. The van der Waals surface area contributed by atoms with E-state index in [0.717, 1.165) is 0 Å². The number of amides is 1. The number of aromatic amines is 1. The predicted molar refractivity (Wildman–Crippen MR) is 54.2 cm³/mol. The number of hydrogen-bond donors (Lipinski definition) is 2. The predicted octanol–water partition coefficient (Wildman–Crippen LogP) is 0.407. The summed E-state index contributed by atoms with van der Waals surface area (Å²) in [5, 5.41) is 11.2. The Hall–Kier alpha value is -2.09. The van der Waals surface area contributed by atoms with Crippen LogP contribution in [0.3, 0.4) is 0 Å². The summed E-state index contributed by atoms with van der Waals surface area (Å²) in [6.45, 7) is 1.80. The minimum absolute atomic E-state index is 0.257. The molecule has 1 rings (SSSR count). The van der Waals surface area contributed by atoms with Gasteiger partial charge in [-0.1, -0.05) is 6.92 Å². The van der Waals surface area contributed by atoms with Gasteiger partial charge in [0.2, 0.25) is 5.56 Å². The molecule has 0 fully saturated rings. The van der Waals surface area contributed by atoms with Gasteiger partial charge in [-0.05, 0) is 12.5 Å². The lowest BCUT2D eigenvalue weighted by atomic mass is 10.2. The maximum absolute atomic E-state index is 11.5. The number of hydrogen-bond acceptors (Lipinski definition) is 3. The first-order valence-electron chi connectivity index (χ1n) is 4.56. The third kappa shape index (κ3) is 2.95. The van der Waals surface area contributed by atoms with Gasteiger partial charge < -0.3 is 10.3 Å². The topological polar surface area (TPSA) is 85.8 Å². The third-order valence-electron chi connectivity index (χ3n) is 1.91. The molecule has 0 saturated carbocycles. The first-order chi connectivity index (χ1) is 7.17. The Bertz CT molecular complexity index is 444. The van der Waals surface area contributed by atoms with Crippen LogP contribution in [-0.4, -0.2) is 16.9 Å². The number of carbonyl (C=O) groups is 1. The second kappa shape index (κ2) is 4.96. The zero-order valence-corrected chi connectivity index (χ0v) is 8.28. The van der Waals surface area contributed by atoms with Crippen LogP contribution in [-0.2, 0) is 0 Å². The lowest BCUT2D eigenvalue weighted by Gasteiger charge is -2.08. The van der Waals surface area contributed by atoms with Crippen molar-refractivity contribution >= 4 is 5.91 Å². The second-order valence-electron chi connectivity index (χ2n) is 3.00. The third-order valence-corrected chi connectivity index (χ3v) is 1.91. The SMILES string of the molecule is CCC(C#N)NC(=O)c1cc[nH]c(=O)c1. The fraction of sp³-hybridized carbons (Fsp3) is 0.300. The van der Waals surface area contributed by atoms with Crippen LogP contribution in [0.25, 0.3) is 0 Å². The minimum Gasteiger partial charge on any atom is -0.336 e. The molecule has 1 heterocycles. The van der Waals surface area contributed by atoms with Crippen molar-refractivity contribution in [3.8, 4) is 6.07 Å². The molecule has 0 aromatic carbocycles. The molecule has 78 valence electrons. The van der Waals surface area contributed by atoms with E-state index >= 15 is 0 Å². The zero-order valence-electron chi connectivity index (χ0n) is 8.28. The van der Waals surface area contributed by atoms with Gasteiger partial charge in [-0.3, -0.25) is 9.59 Å². The van der Waals surface area contributed by atoms with Crippen LogP contribution in [0.15, 0.2) is 23.1 Å². The fourth-order valence-corrected chi connectivity index (χ4v) is 1.05. The van der Waals surface area contributed by atoms with Crippen molar-refractivity contribution in [1.29, 1.82) is 5.26 Å². The number of H-pyrrole nitrogens is 1. The van der Waals surface area contributed by atoms with E-state index in [9.17, 15) is 9.59 Å². The van der Waals surface area contributed by atoms with Gasteiger partial charge in [0.1, 0.15) is 6.04 Å². The summed E-state index contributed by atoms with van der Waals surface area (Å²) in [5.74, 6) is -0.408. The molecule has 15 heavy (non-hydrogen) atoms. The van der Waals surface area contributed by atoms with Gasteiger partial charge in [0, 0.05) is 17.8 Å².